The molecule has 0 fully saturated rings. The van der Waals surface area contributed by atoms with E-state index in [-0.39, 0.29) is 5.91 Å². The number of benzene rings is 2. The second-order valence-corrected chi connectivity index (χ2v) is 6.96. The van der Waals surface area contributed by atoms with Gasteiger partial charge in [0.25, 0.3) is 5.91 Å². The number of hydrogen-bond donors (Lipinski definition) is 1. The fraction of sp³-hybridized carbons (Fsp3) is 0.217. The summed E-state index contributed by atoms with van der Waals surface area (Å²) >= 11 is 0. The van der Waals surface area contributed by atoms with Gasteiger partial charge in [0.15, 0.2) is 0 Å². The average Bonchev–Trinajstić information content (AvgIpc) is 2.73. The monoisotopic (exact) mass is 357 g/mol. The number of amides is 1. The van der Waals surface area contributed by atoms with E-state index in [1.807, 2.05) is 24.3 Å². The first kappa shape index (κ1) is 17.4. The second kappa shape index (κ2) is 8.14. The molecule has 0 spiro atoms. The van der Waals surface area contributed by atoms with Crippen LogP contribution in [0.2, 0.25) is 0 Å². The molecule has 0 saturated carbocycles. The third kappa shape index (κ3) is 4.41. The molecule has 1 amide bonds. The smallest absolute Gasteiger partial charge is 0.251 e. The molecule has 0 atom stereocenters. The van der Waals surface area contributed by atoms with E-state index in [0.717, 1.165) is 31.6 Å². The van der Waals surface area contributed by atoms with Crippen LogP contribution >= 0.6 is 0 Å². The number of aromatic nitrogens is 1. The summed E-state index contributed by atoms with van der Waals surface area (Å²) < 4.78 is 0. The molecule has 3 aromatic rings. The largest absolute Gasteiger partial charge is 0.348 e. The molecule has 136 valence electrons. The first-order chi connectivity index (χ1) is 13.3. The lowest BCUT2D eigenvalue weighted by Crippen LogP contribution is -2.30. The van der Waals surface area contributed by atoms with Gasteiger partial charge in [0.1, 0.15) is 0 Å². The number of fused-ring (bicyclic) bond motifs is 1. The number of nitrogens with zero attached hydrogens (tertiary/aromatic N) is 2. The minimum Gasteiger partial charge on any atom is -0.348 e. The third-order valence-electron chi connectivity index (χ3n) is 5.03. The molecule has 0 aliphatic carbocycles. The summed E-state index contributed by atoms with van der Waals surface area (Å²) in [7, 11) is 0. The Hall–Kier alpha value is -2.98. The predicted molar refractivity (Wildman–Crippen MR) is 106 cm³/mol. The van der Waals surface area contributed by atoms with Crippen LogP contribution in [0.1, 0.15) is 32.6 Å². The van der Waals surface area contributed by atoms with Crippen LogP contribution in [0.25, 0.3) is 0 Å². The van der Waals surface area contributed by atoms with Crippen LogP contribution in [0.15, 0.2) is 73.1 Å². The molecule has 2 heterocycles. The summed E-state index contributed by atoms with van der Waals surface area (Å²) in [4.78, 5) is 18.8. The normalized spacial score (nSPS) is 13.8. The van der Waals surface area contributed by atoms with Crippen molar-refractivity contribution in [2.75, 3.05) is 6.54 Å². The van der Waals surface area contributed by atoms with Crippen molar-refractivity contribution < 1.29 is 4.79 Å². The highest BCUT2D eigenvalue weighted by atomic mass is 16.1. The topological polar surface area (TPSA) is 45.2 Å². The van der Waals surface area contributed by atoms with Gasteiger partial charge in [-0.1, -0.05) is 36.4 Å². The highest BCUT2D eigenvalue weighted by Crippen LogP contribution is 2.20. The zero-order valence-corrected chi connectivity index (χ0v) is 15.3. The van der Waals surface area contributed by atoms with Crippen LogP contribution in [-0.4, -0.2) is 22.3 Å². The predicted octanol–water partition coefficient (Wildman–Crippen LogP) is 3.57. The molecule has 1 aromatic heterocycles. The number of rotatable bonds is 5. The lowest BCUT2D eigenvalue weighted by atomic mass is 9.99. The van der Waals surface area contributed by atoms with Crippen molar-refractivity contribution >= 4 is 5.91 Å². The van der Waals surface area contributed by atoms with Gasteiger partial charge in [0.05, 0.1) is 0 Å². The molecule has 0 saturated heterocycles. The zero-order chi connectivity index (χ0) is 18.5. The van der Waals surface area contributed by atoms with Gasteiger partial charge in [0, 0.05) is 44.1 Å². The van der Waals surface area contributed by atoms with Crippen molar-refractivity contribution in [2.24, 2.45) is 0 Å². The van der Waals surface area contributed by atoms with Gasteiger partial charge in [-0.15, -0.1) is 0 Å². The Bertz CT molecular complexity index is 906. The van der Waals surface area contributed by atoms with Crippen molar-refractivity contribution in [1.82, 2.24) is 15.2 Å². The van der Waals surface area contributed by atoms with Crippen LogP contribution in [0, 0.1) is 0 Å². The summed E-state index contributed by atoms with van der Waals surface area (Å²) in [6.45, 7) is 3.49. The molecular formula is C23H23N3O. The minimum absolute atomic E-state index is 0.0507. The molecule has 0 radical (unpaired) electrons. The molecule has 0 bridgehead atoms. The molecular weight excluding hydrogens is 334 g/mol. The van der Waals surface area contributed by atoms with E-state index in [1.54, 1.807) is 12.4 Å². The molecule has 1 aliphatic rings. The van der Waals surface area contributed by atoms with Gasteiger partial charge in [-0.2, -0.15) is 0 Å². The Balaban J connectivity index is 1.33. The van der Waals surface area contributed by atoms with Crippen LogP contribution < -0.4 is 5.32 Å². The van der Waals surface area contributed by atoms with E-state index in [9.17, 15) is 4.79 Å². The molecule has 4 rings (SSSR count). The minimum atomic E-state index is -0.0507. The Morgan fingerprint density at radius 2 is 1.67 bits per heavy atom. The van der Waals surface area contributed by atoms with Gasteiger partial charge in [0.2, 0.25) is 0 Å². The Morgan fingerprint density at radius 3 is 2.44 bits per heavy atom. The third-order valence-corrected chi connectivity index (χ3v) is 5.03. The van der Waals surface area contributed by atoms with Crippen LogP contribution in [0.5, 0.6) is 0 Å². The van der Waals surface area contributed by atoms with Crippen molar-refractivity contribution in [1.29, 1.82) is 0 Å². The fourth-order valence-corrected chi connectivity index (χ4v) is 3.49. The molecule has 4 heteroatoms. The number of nitrogens with one attached hydrogen (secondary N) is 1. The van der Waals surface area contributed by atoms with Gasteiger partial charge in [-0.3, -0.25) is 14.7 Å². The van der Waals surface area contributed by atoms with E-state index in [0.29, 0.717) is 12.1 Å². The molecule has 27 heavy (non-hydrogen) atoms. The molecule has 4 nitrogen and oxygen atoms in total. The Labute approximate surface area is 159 Å². The second-order valence-electron chi connectivity index (χ2n) is 6.96. The van der Waals surface area contributed by atoms with Gasteiger partial charge in [-0.25, -0.2) is 0 Å². The number of carbonyl (C=O) groups excluding carboxylic acids is 1. The zero-order valence-electron chi connectivity index (χ0n) is 15.3. The van der Waals surface area contributed by atoms with Crippen molar-refractivity contribution in [3.63, 3.8) is 0 Å². The van der Waals surface area contributed by atoms with E-state index < -0.39 is 0 Å². The van der Waals surface area contributed by atoms with E-state index >= 15 is 0 Å². The van der Waals surface area contributed by atoms with Crippen LogP contribution in [0.3, 0.4) is 0 Å². The standard InChI is InChI=1S/C23H23N3O/c27-23(25-15-18-9-12-24-13-10-18)21-7-5-19(6-8-21)16-26-14-11-20-3-1-2-4-22(20)17-26/h1-10,12-13H,11,14-17H2,(H,25,27). The SMILES string of the molecule is O=C(NCc1ccncc1)c1ccc(CN2CCc3ccccc3C2)cc1. The summed E-state index contributed by atoms with van der Waals surface area (Å²) in [6, 6.07) is 20.4. The van der Waals surface area contributed by atoms with Crippen molar-refractivity contribution in [3.8, 4) is 0 Å². The molecule has 0 unspecified atom stereocenters. The van der Waals surface area contributed by atoms with E-state index in [2.05, 4.69) is 51.6 Å². The van der Waals surface area contributed by atoms with Crippen molar-refractivity contribution in [3.05, 3.63) is 101 Å². The van der Waals surface area contributed by atoms with Crippen LogP contribution in [0.4, 0.5) is 0 Å². The number of carbonyl (C=O) groups is 1. The lowest BCUT2D eigenvalue weighted by molar-refractivity contribution is 0.0951. The summed E-state index contributed by atoms with van der Waals surface area (Å²) in [5.41, 5.74) is 5.86. The summed E-state index contributed by atoms with van der Waals surface area (Å²) in [6.07, 6.45) is 4.57. The number of pyridine rings is 1. The van der Waals surface area contributed by atoms with Gasteiger partial charge < -0.3 is 5.32 Å². The Kier molecular flexibility index (Phi) is 5.26. The van der Waals surface area contributed by atoms with E-state index in [4.69, 9.17) is 0 Å². The maximum absolute atomic E-state index is 12.3. The van der Waals surface area contributed by atoms with E-state index in [1.165, 1.54) is 16.7 Å². The molecule has 2 aromatic carbocycles. The maximum atomic E-state index is 12.3. The number of hydrogen-bond acceptors (Lipinski definition) is 3. The first-order valence-electron chi connectivity index (χ1n) is 9.33. The highest BCUT2D eigenvalue weighted by molar-refractivity contribution is 5.94. The maximum Gasteiger partial charge on any atom is 0.251 e. The van der Waals surface area contributed by atoms with Crippen molar-refractivity contribution in [2.45, 2.75) is 26.1 Å². The quantitative estimate of drug-likeness (QED) is 0.759. The Morgan fingerprint density at radius 1 is 0.926 bits per heavy atom. The average molecular weight is 357 g/mol. The lowest BCUT2D eigenvalue weighted by Gasteiger charge is -2.28. The summed E-state index contributed by atoms with van der Waals surface area (Å²) in [5.74, 6) is -0.0507. The summed E-state index contributed by atoms with van der Waals surface area (Å²) in [5, 5.41) is 2.95. The van der Waals surface area contributed by atoms with Gasteiger partial charge in [-0.05, 0) is 52.9 Å². The molecule has 1 aliphatic heterocycles. The molecule has 1 N–H and O–H groups in total. The van der Waals surface area contributed by atoms with Crippen LogP contribution in [-0.2, 0) is 26.1 Å². The first-order valence-corrected chi connectivity index (χ1v) is 9.33. The fourth-order valence-electron chi connectivity index (χ4n) is 3.49. The highest BCUT2D eigenvalue weighted by Gasteiger charge is 2.15. The van der Waals surface area contributed by atoms with Gasteiger partial charge >= 0.3 is 0 Å².